The van der Waals surface area contributed by atoms with Crippen molar-refractivity contribution in [3.63, 3.8) is 0 Å². The SMILES string of the molecule is CCOC(=O)c1c(-c2ccccc2)csc1NC(=O)CN1C(=O)NC(C)(CCC(C)C)C1=O. The van der Waals surface area contributed by atoms with Crippen LogP contribution in [0.15, 0.2) is 35.7 Å². The molecule has 0 spiro atoms. The van der Waals surface area contributed by atoms with Crippen LogP contribution in [0.4, 0.5) is 9.80 Å². The third-order valence-electron chi connectivity index (χ3n) is 5.48. The molecule has 176 valence electrons. The Labute approximate surface area is 197 Å². The minimum atomic E-state index is -1.03. The van der Waals surface area contributed by atoms with Crippen LogP contribution in [-0.4, -0.2) is 47.4 Å². The van der Waals surface area contributed by atoms with Crippen molar-refractivity contribution in [2.75, 3.05) is 18.5 Å². The number of anilines is 1. The minimum absolute atomic E-state index is 0.188. The second-order valence-corrected chi connectivity index (χ2v) is 9.45. The number of rotatable bonds is 9. The zero-order valence-corrected chi connectivity index (χ0v) is 20.1. The second-order valence-electron chi connectivity index (χ2n) is 8.57. The van der Waals surface area contributed by atoms with Gasteiger partial charge in [0.15, 0.2) is 0 Å². The van der Waals surface area contributed by atoms with Gasteiger partial charge in [-0.15, -0.1) is 11.3 Å². The van der Waals surface area contributed by atoms with Gasteiger partial charge in [0.05, 0.1) is 6.61 Å². The number of hydrogen-bond acceptors (Lipinski definition) is 6. The van der Waals surface area contributed by atoms with Gasteiger partial charge in [0.25, 0.3) is 5.91 Å². The molecule has 2 N–H and O–H groups in total. The fourth-order valence-corrected chi connectivity index (χ4v) is 4.61. The van der Waals surface area contributed by atoms with Gasteiger partial charge in [-0.2, -0.15) is 0 Å². The minimum Gasteiger partial charge on any atom is -0.462 e. The van der Waals surface area contributed by atoms with E-state index < -0.39 is 35.9 Å². The average molecular weight is 472 g/mol. The van der Waals surface area contributed by atoms with Crippen LogP contribution in [0.25, 0.3) is 11.1 Å². The summed E-state index contributed by atoms with van der Waals surface area (Å²) in [6.07, 6.45) is 1.26. The smallest absolute Gasteiger partial charge is 0.341 e. The zero-order chi connectivity index (χ0) is 24.2. The molecule has 1 aliphatic heterocycles. The third kappa shape index (κ3) is 5.42. The van der Waals surface area contributed by atoms with Crippen molar-refractivity contribution in [3.05, 3.63) is 41.3 Å². The molecule has 8 nitrogen and oxygen atoms in total. The number of esters is 1. The molecule has 2 aromatic rings. The van der Waals surface area contributed by atoms with Crippen molar-refractivity contribution in [2.45, 2.75) is 46.1 Å². The number of nitrogens with zero attached hydrogens (tertiary/aromatic N) is 1. The normalized spacial score (nSPS) is 17.9. The first kappa shape index (κ1) is 24.4. The number of carbonyl (C=O) groups excluding carboxylic acids is 4. The summed E-state index contributed by atoms with van der Waals surface area (Å²) in [5.41, 5.74) is 0.680. The lowest BCUT2D eigenvalue weighted by molar-refractivity contribution is -0.133. The van der Waals surface area contributed by atoms with Crippen molar-refractivity contribution >= 4 is 40.2 Å². The fraction of sp³-hybridized carbons (Fsp3) is 0.417. The molecule has 0 bridgehead atoms. The van der Waals surface area contributed by atoms with Crippen LogP contribution >= 0.6 is 11.3 Å². The average Bonchev–Trinajstić information content (AvgIpc) is 3.28. The van der Waals surface area contributed by atoms with E-state index in [4.69, 9.17) is 4.74 Å². The Morgan fingerprint density at radius 2 is 1.91 bits per heavy atom. The van der Waals surface area contributed by atoms with Crippen molar-refractivity contribution in [3.8, 4) is 11.1 Å². The molecular weight excluding hydrogens is 442 g/mol. The summed E-state index contributed by atoms with van der Waals surface area (Å²) in [6.45, 7) is 7.22. The fourth-order valence-electron chi connectivity index (χ4n) is 3.63. The molecule has 0 radical (unpaired) electrons. The van der Waals surface area contributed by atoms with Crippen LogP contribution in [0, 0.1) is 5.92 Å². The molecule has 0 aliphatic carbocycles. The topological polar surface area (TPSA) is 105 Å². The van der Waals surface area contributed by atoms with Gasteiger partial charge in [-0.25, -0.2) is 9.59 Å². The van der Waals surface area contributed by atoms with E-state index in [1.54, 1.807) is 19.2 Å². The van der Waals surface area contributed by atoms with Crippen LogP contribution in [0.5, 0.6) is 0 Å². The predicted octanol–water partition coefficient (Wildman–Crippen LogP) is 4.28. The molecule has 1 aliphatic rings. The van der Waals surface area contributed by atoms with E-state index in [1.165, 1.54) is 11.3 Å². The Balaban J connectivity index is 1.78. The number of amides is 4. The van der Waals surface area contributed by atoms with Crippen molar-refractivity contribution in [1.29, 1.82) is 0 Å². The van der Waals surface area contributed by atoms with Crippen LogP contribution in [0.2, 0.25) is 0 Å². The van der Waals surface area contributed by atoms with Gasteiger partial charge in [0.2, 0.25) is 5.91 Å². The summed E-state index contributed by atoms with van der Waals surface area (Å²) in [7, 11) is 0. The summed E-state index contributed by atoms with van der Waals surface area (Å²) in [6, 6.07) is 8.71. The largest absolute Gasteiger partial charge is 0.462 e. The number of ether oxygens (including phenoxy) is 1. The number of thiophene rings is 1. The number of imide groups is 1. The first-order chi connectivity index (χ1) is 15.7. The van der Waals surface area contributed by atoms with Crippen molar-refractivity contribution in [1.82, 2.24) is 10.2 Å². The molecule has 33 heavy (non-hydrogen) atoms. The summed E-state index contributed by atoms with van der Waals surface area (Å²) in [5, 5.41) is 7.49. The Morgan fingerprint density at radius 1 is 1.21 bits per heavy atom. The van der Waals surface area contributed by atoms with Crippen LogP contribution < -0.4 is 10.6 Å². The Hall–Kier alpha value is -3.20. The van der Waals surface area contributed by atoms with E-state index >= 15 is 0 Å². The van der Waals surface area contributed by atoms with Crippen LogP contribution in [0.3, 0.4) is 0 Å². The van der Waals surface area contributed by atoms with E-state index in [1.807, 2.05) is 44.2 Å². The molecule has 1 aromatic carbocycles. The quantitative estimate of drug-likeness (QED) is 0.420. The molecule has 4 amide bonds. The lowest BCUT2D eigenvalue weighted by Gasteiger charge is -2.22. The molecule has 1 unspecified atom stereocenters. The van der Waals surface area contributed by atoms with Crippen molar-refractivity contribution in [2.24, 2.45) is 5.92 Å². The van der Waals surface area contributed by atoms with Gasteiger partial charge in [0.1, 0.15) is 22.6 Å². The highest BCUT2D eigenvalue weighted by Gasteiger charge is 2.47. The molecule has 1 fully saturated rings. The van der Waals surface area contributed by atoms with Crippen LogP contribution in [0.1, 0.15) is 50.9 Å². The monoisotopic (exact) mass is 471 g/mol. The number of urea groups is 1. The van der Waals surface area contributed by atoms with Crippen molar-refractivity contribution < 1.29 is 23.9 Å². The molecule has 2 heterocycles. The second kappa shape index (κ2) is 10.2. The summed E-state index contributed by atoms with van der Waals surface area (Å²) >= 11 is 1.19. The molecule has 9 heteroatoms. The molecule has 3 rings (SSSR count). The lowest BCUT2D eigenvalue weighted by atomic mass is 9.92. The number of hydrogen-bond donors (Lipinski definition) is 2. The zero-order valence-electron chi connectivity index (χ0n) is 19.3. The Morgan fingerprint density at radius 3 is 2.55 bits per heavy atom. The third-order valence-corrected chi connectivity index (χ3v) is 6.37. The standard InChI is InChI=1S/C24H29N3O5S/c1-5-32-21(29)19-17(16-9-7-6-8-10-16)14-33-20(19)25-18(28)13-27-22(30)24(4,26-23(27)31)12-11-15(2)3/h6-10,14-15H,5,11-13H2,1-4H3,(H,25,28)(H,26,31). The maximum Gasteiger partial charge on any atom is 0.341 e. The molecule has 0 saturated carbocycles. The highest BCUT2D eigenvalue weighted by Crippen LogP contribution is 2.36. The number of nitrogens with one attached hydrogen (secondary N) is 2. The van der Waals surface area contributed by atoms with Gasteiger partial charge in [0, 0.05) is 10.9 Å². The van der Waals surface area contributed by atoms with Crippen LogP contribution in [-0.2, 0) is 14.3 Å². The molecular formula is C24H29N3O5S. The maximum atomic E-state index is 12.9. The first-order valence-corrected chi connectivity index (χ1v) is 11.8. The van der Waals surface area contributed by atoms with E-state index in [0.717, 1.165) is 16.9 Å². The number of carbonyl (C=O) groups is 4. The van der Waals surface area contributed by atoms with E-state index in [2.05, 4.69) is 10.6 Å². The van der Waals surface area contributed by atoms with Gasteiger partial charge >= 0.3 is 12.0 Å². The Bertz CT molecular complexity index is 1050. The molecule has 1 saturated heterocycles. The van der Waals surface area contributed by atoms with E-state index in [9.17, 15) is 19.2 Å². The van der Waals surface area contributed by atoms with Gasteiger partial charge in [-0.1, -0.05) is 44.2 Å². The van der Waals surface area contributed by atoms with Gasteiger partial charge < -0.3 is 15.4 Å². The first-order valence-electron chi connectivity index (χ1n) is 10.9. The summed E-state index contributed by atoms with van der Waals surface area (Å²) in [4.78, 5) is 51.7. The highest BCUT2D eigenvalue weighted by atomic mass is 32.1. The summed E-state index contributed by atoms with van der Waals surface area (Å²) in [5.74, 6) is -1.17. The van der Waals surface area contributed by atoms with Gasteiger partial charge in [-0.05, 0) is 38.2 Å². The molecule has 1 aromatic heterocycles. The highest BCUT2D eigenvalue weighted by molar-refractivity contribution is 7.15. The molecule has 1 atom stereocenters. The van der Waals surface area contributed by atoms with Gasteiger partial charge in [-0.3, -0.25) is 14.5 Å². The predicted molar refractivity (Wildman–Crippen MR) is 127 cm³/mol. The Kier molecular flexibility index (Phi) is 7.53. The van der Waals surface area contributed by atoms with E-state index in [0.29, 0.717) is 22.9 Å². The lowest BCUT2D eigenvalue weighted by Crippen LogP contribution is -2.44. The number of benzene rings is 1. The maximum absolute atomic E-state index is 12.9. The summed E-state index contributed by atoms with van der Waals surface area (Å²) < 4.78 is 5.20. The van der Waals surface area contributed by atoms with E-state index in [-0.39, 0.29) is 12.2 Å².